The van der Waals surface area contributed by atoms with Crippen molar-refractivity contribution in [3.8, 4) is 5.88 Å². The van der Waals surface area contributed by atoms with Gasteiger partial charge in [0.1, 0.15) is 0 Å². The van der Waals surface area contributed by atoms with Crippen LogP contribution in [-0.2, 0) is 11.3 Å². The van der Waals surface area contributed by atoms with E-state index in [9.17, 15) is 13.2 Å². The van der Waals surface area contributed by atoms with Crippen LogP contribution in [0.25, 0.3) is 0 Å². The van der Waals surface area contributed by atoms with Crippen molar-refractivity contribution in [3.05, 3.63) is 23.9 Å². The van der Waals surface area contributed by atoms with E-state index in [1.54, 1.807) is 6.07 Å². The molecule has 1 rings (SSSR count). The van der Waals surface area contributed by atoms with Crippen LogP contribution in [0.4, 0.5) is 13.2 Å². The van der Waals surface area contributed by atoms with Crippen LogP contribution in [0.3, 0.4) is 0 Å². The molecule has 0 amide bonds. The number of nitrogens with one attached hydrogen (secondary N) is 2. The molecule has 0 saturated heterocycles. The Morgan fingerprint density at radius 2 is 1.89 bits per heavy atom. The summed E-state index contributed by atoms with van der Waals surface area (Å²) in [4.78, 5) is 8.31. The van der Waals surface area contributed by atoms with Crippen molar-refractivity contribution in [2.75, 3.05) is 32.9 Å². The molecule has 0 radical (unpaired) electrons. The van der Waals surface area contributed by atoms with Gasteiger partial charge in [0.05, 0.1) is 6.54 Å². The number of alkyl halides is 3. The summed E-state index contributed by atoms with van der Waals surface area (Å²) in [7, 11) is 0. The van der Waals surface area contributed by atoms with Gasteiger partial charge in [-0.1, -0.05) is 19.4 Å². The summed E-state index contributed by atoms with van der Waals surface area (Å²) >= 11 is 0. The van der Waals surface area contributed by atoms with Crippen LogP contribution in [0.5, 0.6) is 5.88 Å². The number of guanidine groups is 1. The minimum absolute atomic E-state index is 0. The maximum Gasteiger partial charge on any atom is 0.422 e. The van der Waals surface area contributed by atoms with Crippen molar-refractivity contribution < 1.29 is 22.6 Å². The lowest BCUT2D eigenvalue weighted by molar-refractivity contribution is -0.154. The lowest BCUT2D eigenvalue weighted by atomic mass is 10.3. The molecule has 0 spiro atoms. The molecule has 0 aliphatic carbocycles. The van der Waals surface area contributed by atoms with E-state index in [-0.39, 0.29) is 29.9 Å². The molecular formula is C18H30F3IN4O2. The maximum absolute atomic E-state index is 12.1. The van der Waals surface area contributed by atoms with Crippen LogP contribution in [0.15, 0.2) is 23.3 Å². The fourth-order valence-corrected chi connectivity index (χ4v) is 1.99. The smallest absolute Gasteiger partial charge is 0.422 e. The lowest BCUT2D eigenvalue weighted by Gasteiger charge is -2.11. The Morgan fingerprint density at radius 1 is 1.14 bits per heavy atom. The molecule has 0 aliphatic heterocycles. The van der Waals surface area contributed by atoms with Crippen molar-refractivity contribution >= 4 is 29.9 Å². The molecule has 28 heavy (non-hydrogen) atoms. The lowest BCUT2D eigenvalue weighted by Crippen LogP contribution is -2.38. The van der Waals surface area contributed by atoms with E-state index in [0.29, 0.717) is 19.1 Å². The first kappa shape index (κ1) is 26.7. The zero-order valence-electron chi connectivity index (χ0n) is 16.3. The quantitative estimate of drug-likeness (QED) is 0.190. The number of hydrogen-bond donors (Lipinski definition) is 2. The molecule has 162 valence electrons. The number of unbranched alkanes of at least 4 members (excludes halogenated alkanes) is 1. The summed E-state index contributed by atoms with van der Waals surface area (Å²) in [5, 5.41) is 6.36. The van der Waals surface area contributed by atoms with Gasteiger partial charge in [0, 0.05) is 38.6 Å². The summed E-state index contributed by atoms with van der Waals surface area (Å²) in [6, 6.07) is 3.05. The Balaban J connectivity index is 0.00000729. The van der Waals surface area contributed by atoms with Crippen molar-refractivity contribution in [1.82, 2.24) is 15.6 Å². The summed E-state index contributed by atoms with van der Waals surface area (Å²) < 4.78 is 46.4. The highest BCUT2D eigenvalue weighted by Gasteiger charge is 2.28. The monoisotopic (exact) mass is 518 g/mol. The van der Waals surface area contributed by atoms with Gasteiger partial charge in [0.25, 0.3) is 0 Å². The van der Waals surface area contributed by atoms with Crippen LogP contribution in [0.2, 0.25) is 0 Å². The molecule has 0 bridgehead atoms. The molecule has 6 nitrogen and oxygen atoms in total. The third-order valence-electron chi connectivity index (χ3n) is 3.35. The second-order valence-electron chi connectivity index (χ2n) is 5.85. The van der Waals surface area contributed by atoms with Gasteiger partial charge in [0.15, 0.2) is 12.6 Å². The number of rotatable bonds is 12. The summed E-state index contributed by atoms with van der Waals surface area (Å²) in [6.45, 7) is 6.06. The number of aromatic nitrogens is 1. The zero-order chi connectivity index (χ0) is 20.0. The average molecular weight is 518 g/mol. The fraction of sp³-hybridized carbons (Fsp3) is 0.667. The second kappa shape index (κ2) is 15.6. The first-order valence-corrected chi connectivity index (χ1v) is 9.19. The van der Waals surface area contributed by atoms with E-state index >= 15 is 0 Å². The molecule has 0 aliphatic rings. The molecule has 1 aromatic rings. The van der Waals surface area contributed by atoms with Crippen LogP contribution < -0.4 is 15.4 Å². The Labute approximate surface area is 181 Å². The van der Waals surface area contributed by atoms with Crippen LogP contribution in [0, 0.1) is 0 Å². The molecule has 10 heteroatoms. The van der Waals surface area contributed by atoms with Gasteiger partial charge < -0.3 is 20.1 Å². The predicted octanol–water partition coefficient (Wildman–Crippen LogP) is 3.90. The molecule has 0 saturated carbocycles. The Bertz CT molecular complexity index is 543. The van der Waals surface area contributed by atoms with Gasteiger partial charge in [-0.3, -0.25) is 0 Å². The van der Waals surface area contributed by atoms with E-state index in [2.05, 4.69) is 32.3 Å². The van der Waals surface area contributed by atoms with Crippen molar-refractivity contribution in [3.63, 3.8) is 0 Å². The highest BCUT2D eigenvalue weighted by atomic mass is 127. The largest absolute Gasteiger partial charge is 0.468 e. The highest BCUT2D eigenvalue weighted by molar-refractivity contribution is 14.0. The molecule has 1 aromatic heterocycles. The number of pyridine rings is 1. The van der Waals surface area contributed by atoms with Gasteiger partial charge in [-0.25, -0.2) is 9.98 Å². The molecule has 0 fully saturated rings. The molecular weight excluding hydrogens is 488 g/mol. The molecule has 2 N–H and O–H groups in total. The van der Waals surface area contributed by atoms with Gasteiger partial charge in [-0.05, 0) is 25.3 Å². The van der Waals surface area contributed by atoms with E-state index in [0.717, 1.165) is 44.5 Å². The van der Waals surface area contributed by atoms with Gasteiger partial charge in [-0.2, -0.15) is 13.2 Å². The van der Waals surface area contributed by atoms with Crippen molar-refractivity contribution in [2.24, 2.45) is 4.99 Å². The topological polar surface area (TPSA) is 67.8 Å². The highest BCUT2D eigenvalue weighted by Crippen LogP contribution is 2.17. The minimum atomic E-state index is -4.38. The van der Waals surface area contributed by atoms with Crippen LogP contribution in [0.1, 0.15) is 38.7 Å². The van der Waals surface area contributed by atoms with Crippen molar-refractivity contribution in [2.45, 2.75) is 45.8 Å². The molecule has 0 atom stereocenters. The number of aliphatic imine (C=N–C) groups is 1. The molecule has 0 unspecified atom stereocenters. The van der Waals surface area contributed by atoms with E-state index < -0.39 is 12.8 Å². The first-order valence-electron chi connectivity index (χ1n) is 9.19. The average Bonchev–Trinajstić information content (AvgIpc) is 2.64. The van der Waals surface area contributed by atoms with Gasteiger partial charge in [0.2, 0.25) is 5.88 Å². The Kier molecular flexibility index (Phi) is 14.9. The summed E-state index contributed by atoms with van der Waals surface area (Å²) in [5.41, 5.74) is 0.773. The van der Waals surface area contributed by atoms with Crippen LogP contribution in [-0.4, -0.2) is 50.0 Å². The Hall–Kier alpha value is -1.30. The summed E-state index contributed by atoms with van der Waals surface area (Å²) in [6.07, 6.45) is 0.157. The third-order valence-corrected chi connectivity index (χ3v) is 3.35. The second-order valence-corrected chi connectivity index (χ2v) is 5.85. The third kappa shape index (κ3) is 13.8. The first-order chi connectivity index (χ1) is 12.9. The minimum Gasteiger partial charge on any atom is -0.468 e. The molecule has 1 heterocycles. The number of halogens is 4. The van der Waals surface area contributed by atoms with Gasteiger partial charge in [-0.15, -0.1) is 24.0 Å². The van der Waals surface area contributed by atoms with E-state index in [1.807, 2.05) is 6.92 Å². The van der Waals surface area contributed by atoms with E-state index in [1.165, 1.54) is 12.3 Å². The normalized spacial score (nSPS) is 11.7. The van der Waals surface area contributed by atoms with E-state index in [4.69, 9.17) is 4.74 Å². The van der Waals surface area contributed by atoms with Crippen LogP contribution >= 0.6 is 24.0 Å². The SMILES string of the molecule is CCCCOCCCNC(=NCc1ccc(OCC(F)(F)F)nc1)NCC.I. The number of ether oxygens (including phenoxy) is 2. The fourth-order valence-electron chi connectivity index (χ4n) is 1.99. The number of hydrogen-bond acceptors (Lipinski definition) is 4. The number of nitrogens with zero attached hydrogens (tertiary/aromatic N) is 2. The maximum atomic E-state index is 12.1. The van der Waals surface area contributed by atoms with Crippen molar-refractivity contribution in [1.29, 1.82) is 0 Å². The zero-order valence-corrected chi connectivity index (χ0v) is 18.7. The predicted molar refractivity (Wildman–Crippen MR) is 114 cm³/mol. The Morgan fingerprint density at radius 3 is 2.50 bits per heavy atom. The standard InChI is InChI=1S/C18H29F3N4O2.HI/c1-3-5-10-26-11-6-9-23-17(22-4-2)25-13-15-7-8-16(24-12-15)27-14-18(19,20)21;/h7-8,12H,3-6,9-11,13-14H2,1-2H3,(H2,22,23,25);1H. The summed E-state index contributed by atoms with van der Waals surface area (Å²) in [5.74, 6) is 0.608. The molecule has 0 aromatic carbocycles. The van der Waals surface area contributed by atoms with Gasteiger partial charge >= 0.3 is 6.18 Å².